The van der Waals surface area contributed by atoms with E-state index < -0.39 is 27.9 Å². The number of aryl methyl sites for hydroxylation is 1. The van der Waals surface area contributed by atoms with Gasteiger partial charge in [-0.05, 0) is 49.6 Å². The Morgan fingerprint density at radius 1 is 1.09 bits per heavy atom. The summed E-state index contributed by atoms with van der Waals surface area (Å²) in [7, 11) is -4.25. The highest BCUT2D eigenvalue weighted by Gasteiger charge is 2.35. The summed E-state index contributed by atoms with van der Waals surface area (Å²) in [6.45, 7) is 2.46. The first-order valence-electron chi connectivity index (χ1n) is 10.9. The number of hydrogen-bond donors (Lipinski definition) is 2. The van der Waals surface area contributed by atoms with Crippen molar-refractivity contribution in [2.24, 2.45) is 5.92 Å². The maximum Gasteiger partial charge on any atom is 0.418 e. The zero-order chi connectivity index (χ0) is 25.2. The molecule has 0 spiro atoms. The molecule has 0 unspecified atom stereocenters. The number of aliphatic hydroxyl groups excluding tert-OH is 1. The Morgan fingerprint density at radius 3 is 2.57 bits per heavy atom. The van der Waals surface area contributed by atoms with Crippen molar-refractivity contribution in [2.75, 3.05) is 17.9 Å². The Labute approximate surface area is 201 Å². The zero-order valence-electron chi connectivity index (χ0n) is 18.8. The number of ether oxygens (including phenoxy) is 1. The molecule has 1 aliphatic rings. The molecule has 0 saturated carbocycles. The van der Waals surface area contributed by atoms with E-state index >= 15 is 0 Å². The number of anilines is 1. The van der Waals surface area contributed by atoms with Crippen molar-refractivity contribution in [2.45, 2.75) is 37.1 Å². The van der Waals surface area contributed by atoms with Crippen LogP contribution in [0.2, 0.25) is 0 Å². The van der Waals surface area contributed by atoms with E-state index in [0.29, 0.717) is 37.3 Å². The van der Waals surface area contributed by atoms with Crippen LogP contribution in [0.5, 0.6) is 0 Å². The van der Waals surface area contributed by atoms with E-state index in [-0.39, 0.29) is 28.0 Å². The monoisotopic (exact) mass is 507 g/mol. The molecule has 2 aromatic heterocycles. The lowest BCUT2D eigenvalue weighted by Crippen LogP contribution is -2.33. The Bertz CT molecular complexity index is 1320. The van der Waals surface area contributed by atoms with E-state index in [1.807, 2.05) is 0 Å². The molecule has 2 N–H and O–H groups in total. The average Bonchev–Trinajstić information content (AvgIpc) is 2.80. The minimum Gasteiger partial charge on any atom is -0.393 e. The molecule has 0 amide bonds. The summed E-state index contributed by atoms with van der Waals surface area (Å²) in [6, 6.07) is 12.7. The first-order valence-corrected chi connectivity index (χ1v) is 12.4. The summed E-state index contributed by atoms with van der Waals surface area (Å²) >= 11 is 0. The Hall–Kier alpha value is -3.02. The molecule has 1 fully saturated rings. The van der Waals surface area contributed by atoms with E-state index in [1.165, 1.54) is 18.2 Å². The Kier molecular flexibility index (Phi) is 7.11. The quantitative estimate of drug-likeness (QED) is 0.518. The molecule has 1 aliphatic heterocycles. The zero-order valence-corrected chi connectivity index (χ0v) is 19.6. The van der Waals surface area contributed by atoms with Gasteiger partial charge < -0.3 is 9.84 Å². The second-order valence-electron chi connectivity index (χ2n) is 8.37. The van der Waals surface area contributed by atoms with Crippen molar-refractivity contribution in [3.8, 4) is 11.3 Å². The molecule has 0 aliphatic carbocycles. The van der Waals surface area contributed by atoms with Gasteiger partial charge in [-0.25, -0.2) is 9.97 Å². The van der Waals surface area contributed by atoms with Crippen molar-refractivity contribution in [3.63, 3.8) is 0 Å². The third kappa shape index (κ3) is 5.80. The second kappa shape index (κ2) is 9.92. The molecule has 186 valence electrons. The van der Waals surface area contributed by atoms with Crippen LogP contribution >= 0.6 is 0 Å². The molecular formula is C24H24F3N3O4S. The smallest absolute Gasteiger partial charge is 0.393 e. The second-order valence-corrected chi connectivity index (χ2v) is 10.0. The lowest BCUT2D eigenvalue weighted by atomic mass is 9.94. The predicted octanol–water partition coefficient (Wildman–Crippen LogP) is 4.21. The molecule has 4 rings (SSSR count). The van der Waals surface area contributed by atoms with Crippen LogP contribution in [0.25, 0.3) is 11.3 Å². The van der Waals surface area contributed by atoms with Gasteiger partial charge in [-0.2, -0.15) is 21.6 Å². The first-order chi connectivity index (χ1) is 16.5. The molecule has 1 aromatic carbocycles. The van der Waals surface area contributed by atoms with Gasteiger partial charge in [0.2, 0.25) is 0 Å². The van der Waals surface area contributed by atoms with Gasteiger partial charge in [-0.1, -0.05) is 30.3 Å². The topological polar surface area (TPSA) is 101 Å². The SMILES string of the molecule is Cc1ccccc1-c1nc(NS(=O)(=O)c2cccc(C[C@H]3COCC[C@H]3O)n2)ccc1C(F)(F)F. The summed E-state index contributed by atoms with van der Waals surface area (Å²) in [6.07, 6.45) is -4.43. The number of nitrogens with one attached hydrogen (secondary N) is 1. The molecule has 3 heterocycles. The number of aliphatic hydroxyl groups is 1. The molecule has 3 aromatic rings. The third-order valence-corrected chi connectivity index (χ3v) is 7.06. The molecule has 7 nitrogen and oxygen atoms in total. The number of hydrogen-bond acceptors (Lipinski definition) is 6. The van der Waals surface area contributed by atoms with Gasteiger partial charge in [0.05, 0.1) is 24.0 Å². The van der Waals surface area contributed by atoms with E-state index in [2.05, 4.69) is 14.7 Å². The van der Waals surface area contributed by atoms with Gasteiger partial charge in [-0.3, -0.25) is 4.72 Å². The fourth-order valence-corrected chi connectivity index (χ4v) is 4.94. The number of aromatic nitrogens is 2. The number of pyridine rings is 2. The lowest BCUT2D eigenvalue weighted by Gasteiger charge is -2.27. The summed E-state index contributed by atoms with van der Waals surface area (Å²) < 4.78 is 74.6. The number of alkyl halides is 3. The van der Waals surface area contributed by atoms with E-state index in [0.717, 1.165) is 12.1 Å². The van der Waals surface area contributed by atoms with Crippen molar-refractivity contribution in [3.05, 3.63) is 71.4 Å². The number of benzene rings is 1. The van der Waals surface area contributed by atoms with Crippen LogP contribution in [0.3, 0.4) is 0 Å². The molecule has 2 atom stereocenters. The maximum atomic E-state index is 13.6. The minimum absolute atomic E-state index is 0.213. The molecular weight excluding hydrogens is 483 g/mol. The van der Waals surface area contributed by atoms with Gasteiger partial charge in [0.1, 0.15) is 5.82 Å². The molecule has 0 radical (unpaired) electrons. The molecule has 11 heteroatoms. The minimum atomic E-state index is -4.68. The summed E-state index contributed by atoms with van der Waals surface area (Å²) in [5, 5.41) is 9.84. The highest BCUT2D eigenvalue weighted by atomic mass is 32.2. The van der Waals surface area contributed by atoms with Crippen LogP contribution in [0, 0.1) is 12.8 Å². The van der Waals surface area contributed by atoms with E-state index in [1.54, 1.807) is 31.2 Å². The predicted molar refractivity (Wildman–Crippen MR) is 123 cm³/mol. The van der Waals surface area contributed by atoms with Crippen molar-refractivity contribution in [1.29, 1.82) is 0 Å². The average molecular weight is 508 g/mol. The van der Waals surface area contributed by atoms with Crippen LogP contribution < -0.4 is 4.72 Å². The van der Waals surface area contributed by atoms with Crippen LogP contribution in [0.15, 0.2) is 59.6 Å². The highest BCUT2D eigenvalue weighted by Crippen LogP contribution is 2.38. The van der Waals surface area contributed by atoms with Gasteiger partial charge >= 0.3 is 6.18 Å². The van der Waals surface area contributed by atoms with Crippen molar-refractivity contribution >= 4 is 15.8 Å². The lowest BCUT2D eigenvalue weighted by molar-refractivity contribution is -0.137. The summed E-state index contributed by atoms with van der Waals surface area (Å²) in [5.74, 6) is -0.477. The van der Waals surface area contributed by atoms with Crippen molar-refractivity contribution < 1.29 is 31.4 Å². The van der Waals surface area contributed by atoms with Crippen LogP contribution in [-0.4, -0.2) is 42.8 Å². The fraction of sp³-hybridized carbons (Fsp3) is 0.333. The normalized spacial score (nSPS) is 18.9. The summed E-state index contributed by atoms with van der Waals surface area (Å²) in [4.78, 5) is 8.21. The molecule has 1 saturated heterocycles. The number of halogens is 3. The standard InChI is InChI=1S/C24H24F3N3O4S/c1-15-5-2-3-7-18(15)23-19(24(25,26)27)9-10-21(29-23)30-35(32,33)22-8-4-6-17(28-22)13-16-14-34-12-11-20(16)31/h2-10,16,20,31H,11-14H2,1H3,(H,29,30)/t16-,20+/m0/s1. The Balaban J connectivity index is 1.64. The van der Waals surface area contributed by atoms with Crippen LogP contribution in [-0.2, 0) is 27.4 Å². The third-order valence-electron chi connectivity index (χ3n) is 5.80. The van der Waals surface area contributed by atoms with E-state index in [9.17, 15) is 26.7 Å². The number of rotatable bonds is 6. The summed E-state index contributed by atoms with van der Waals surface area (Å²) in [5.41, 5.74) is -0.0849. The van der Waals surface area contributed by atoms with Gasteiger partial charge in [-0.15, -0.1) is 0 Å². The first kappa shape index (κ1) is 25.1. The van der Waals surface area contributed by atoms with Gasteiger partial charge in [0, 0.05) is 23.8 Å². The van der Waals surface area contributed by atoms with Crippen LogP contribution in [0.1, 0.15) is 23.2 Å². The van der Waals surface area contributed by atoms with E-state index in [4.69, 9.17) is 4.74 Å². The molecule has 0 bridgehead atoms. The highest BCUT2D eigenvalue weighted by molar-refractivity contribution is 7.92. The fourth-order valence-electron chi connectivity index (χ4n) is 3.95. The number of nitrogens with zero attached hydrogens (tertiary/aromatic N) is 2. The largest absolute Gasteiger partial charge is 0.418 e. The van der Waals surface area contributed by atoms with Gasteiger partial charge in [0.25, 0.3) is 10.0 Å². The van der Waals surface area contributed by atoms with Crippen molar-refractivity contribution in [1.82, 2.24) is 9.97 Å². The number of sulfonamides is 1. The molecule has 35 heavy (non-hydrogen) atoms. The van der Waals surface area contributed by atoms with Crippen LogP contribution in [0.4, 0.5) is 19.0 Å². The van der Waals surface area contributed by atoms with Gasteiger partial charge in [0.15, 0.2) is 5.03 Å². The Morgan fingerprint density at radius 2 is 1.86 bits per heavy atom. The maximum absolute atomic E-state index is 13.6.